The van der Waals surface area contributed by atoms with Crippen molar-refractivity contribution < 1.29 is 9.53 Å². The Kier molecular flexibility index (Phi) is 3.18. The van der Waals surface area contributed by atoms with Crippen molar-refractivity contribution in [2.24, 2.45) is 0 Å². The van der Waals surface area contributed by atoms with Gasteiger partial charge in [0.1, 0.15) is 6.33 Å². The first-order valence-corrected chi connectivity index (χ1v) is 5.54. The zero-order valence-corrected chi connectivity index (χ0v) is 10.6. The summed E-state index contributed by atoms with van der Waals surface area (Å²) in [4.78, 5) is 15.0. The first-order chi connectivity index (χ1) is 7.70. The highest BCUT2D eigenvalue weighted by Gasteiger charge is 2.11. The van der Waals surface area contributed by atoms with Gasteiger partial charge in [-0.3, -0.25) is 0 Å². The zero-order chi connectivity index (χ0) is 11.5. The van der Waals surface area contributed by atoms with Crippen LogP contribution in [0.4, 0.5) is 0 Å². The van der Waals surface area contributed by atoms with Crippen LogP contribution in [0.3, 0.4) is 0 Å². The maximum Gasteiger partial charge on any atom is 0.377 e. The maximum absolute atomic E-state index is 11.2. The van der Waals surface area contributed by atoms with Crippen molar-refractivity contribution in [3.8, 4) is 5.69 Å². The second kappa shape index (κ2) is 4.60. The number of hydrogen-bond donors (Lipinski definition) is 0. The van der Waals surface area contributed by atoms with Crippen molar-refractivity contribution in [3.05, 3.63) is 40.0 Å². The van der Waals surface area contributed by atoms with Gasteiger partial charge in [-0.2, -0.15) is 0 Å². The van der Waals surface area contributed by atoms with Crippen LogP contribution in [0, 0.1) is 3.57 Å². The van der Waals surface area contributed by atoms with Crippen molar-refractivity contribution in [1.82, 2.24) is 14.8 Å². The van der Waals surface area contributed by atoms with Gasteiger partial charge in [0, 0.05) is 3.57 Å². The van der Waals surface area contributed by atoms with Gasteiger partial charge in [-0.05, 0) is 46.9 Å². The standard InChI is InChI=1S/C10H8IN3O2/c1-16-10(15)9-12-6-14(13-9)8-4-2-7(11)3-5-8/h2-6H,1H3. The Morgan fingerprint density at radius 1 is 1.38 bits per heavy atom. The smallest absolute Gasteiger partial charge is 0.377 e. The van der Waals surface area contributed by atoms with Crippen molar-refractivity contribution in [2.45, 2.75) is 0 Å². The number of hydrogen-bond acceptors (Lipinski definition) is 4. The fourth-order valence-electron chi connectivity index (χ4n) is 1.17. The van der Waals surface area contributed by atoms with Crippen LogP contribution in [0.1, 0.15) is 10.6 Å². The summed E-state index contributed by atoms with van der Waals surface area (Å²) < 4.78 is 7.19. The van der Waals surface area contributed by atoms with Crippen LogP contribution in [0.25, 0.3) is 5.69 Å². The van der Waals surface area contributed by atoms with E-state index in [1.54, 1.807) is 0 Å². The minimum absolute atomic E-state index is 0.0565. The molecule has 5 nitrogen and oxygen atoms in total. The number of carbonyl (C=O) groups is 1. The Balaban J connectivity index is 2.31. The van der Waals surface area contributed by atoms with Crippen LogP contribution in [-0.4, -0.2) is 27.8 Å². The molecule has 0 saturated carbocycles. The molecule has 0 aliphatic rings. The third-order valence-corrected chi connectivity index (χ3v) is 2.67. The quantitative estimate of drug-likeness (QED) is 0.621. The molecule has 0 unspecified atom stereocenters. The molecule has 1 aromatic carbocycles. The molecule has 82 valence electrons. The van der Waals surface area contributed by atoms with Gasteiger partial charge in [0.15, 0.2) is 0 Å². The van der Waals surface area contributed by atoms with Gasteiger partial charge in [-0.1, -0.05) is 0 Å². The molecular formula is C10H8IN3O2. The first kappa shape index (κ1) is 11.1. The number of carbonyl (C=O) groups excluding carboxylic acids is 1. The third kappa shape index (κ3) is 2.21. The Morgan fingerprint density at radius 2 is 2.06 bits per heavy atom. The number of benzene rings is 1. The number of aromatic nitrogens is 3. The van der Waals surface area contributed by atoms with Crippen molar-refractivity contribution in [3.63, 3.8) is 0 Å². The van der Waals surface area contributed by atoms with E-state index in [2.05, 4.69) is 37.4 Å². The van der Waals surface area contributed by atoms with Gasteiger partial charge in [0.2, 0.25) is 0 Å². The van der Waals surface area contributed by atoms with E-state index < -0.39 is 5.97 Å². The SMILES string of the molecule is COC(=O)c1ncn(-c2ccc(I)cc2)n1. The predicted octanol–water partition coefficient (Wildman–Crippen LogP) is 1.66. The lowest BCUT2D eigenvalue weighted by molar-refractivity contribution is 0.0587. The van der Waals surface area contributed by atoms with E-state index in [-0.39, 0.29) is 5.82 Å². The number of esters is 1. The average Bonchev–Trinajstić information content (AvgIpc) is 2.78. The molecule has 0 aliphatic heterocycles. The Hall–Kier alpha value is -1.44. The summed E-state index contributed by atoms with van der Waals surface area (Å²) in [5.41, 5.74) is 0.850. The minimum atomic E-state index is -0.538. The lowest BCUT2D eigenvalue weighted by atomic mass is 10.3. The predicted molar refractivity (Wildman–Crippen MR) is 65.4 cm³/mol. The van der Waals surface area contributed by atoms with E-state index in [0.717, 1.165) is 9.26 Å². The highest BCUT2D eigenvalue weighted by molar-refractivity contribution is 14.1. The van der Waals surface area contributed by atoms with Crippen molar-refractivity contribution >= 4 is 28.6 Å². The molecule has 0 amide bonds. The molecule has 0 bridgehead atoms. The van der Waals surface area contributed by atoms with Crippen LogP contribution < -0.4 is 0 Å². The molecular weight excluding hydrogens is 321 g/mol. The van der Waals surface area contributed by atoms with Gasteiger partial charge in [0.25, 0.3) is 5.82 Å². The second-order valence-electron chi connectivity index (χ2n) is 2.98. The lowest BCUT2D eigenvalue weighted by Crippen LogP contribution is -2.05. The summed E-state index contributed by atoms with van der Waals surface area (Å²) in [5, 5.41) is 4.01. The average molecular weight is 329 g/mol. The van der Waals surface area contributed by atoms with E-state index in [4.69, 9.17) is 0 Å². The van der Waals surface area contributed by atoms with E-state index >= 15 is 0 Å². The lowest BCUT2D eigenvalue weighted by Gasteiger charge is -1.99. The van der Waals surface area contributed by atoms with Crippen molar-refractivity contribution in [1.29, 1.82) is 0 Å². The third-order valence-electron chi connectivity index (χ3n) is 1.95. The topological polar surface area (TPSA) is 57.0 Å². The zero-order valence-electron chi connectivity index (χ0n) is 8.42. The molecule has 0 aliphatic carbocycles. The number of nitrogens with zero attached hydrogens (tertiary/aromatic N) is 3. The highest BCUT2D eigenvalue weighted by Crippen LogP contribution is 2.10. The molecule has 0 N–H and O–H groups in total. The van der Waals surface area contributed by atoms with Crippen LogP contribution in [0.2, 0.25) is 0 Å². The molecule has 1 aromatic heterocycles. The van der Waals surface area contributed by atoms with Crippen LogP contribution >= 0.6 is 22.6 Å². The monoisotopic (exact) mass is 329 g/mol. The van der Waals surface area contributed by atoms with E-state index in [1.807, 2.05) is 24.3 Å². The normalized spacial score (nSPS) is 10.1. The molecule has 1 heterocycles. The number of rotatable bonds is 2. The Labute approximate surface area is 106 Å². The van der Waals surface area contributed by atoms with Crippen LogP contribution in [0.15, 0.2) is 30.6 Å². The van der Waals surface area contributed by atoms with Crippen LogP contribution in [0.5, 0.6) is 0 Å². The van der Waals surface area contributed by atoms with Crippen LogP contribution in [-0.2, 0) is 4.74 Å². The molecule has 16 heavy (non-hydrogen) atoms. The second-order valence-corrected chi connectivity index (χ2v) is 4.23. The molecule has 0 spiro atoms. The molecule has 0 fully saturated rings. The minimum Gasteiger partial charge on any atom is -0.463 e. The highest BCUT2D eigenvalue weighted by atomic mass is 127. The summed E-state index contributed by atoms with van der Waals surface area (Å²) in [5.74, 6) is -0.481. The van der Waals surface area contributed by atoms with Gasteiger partial charge in [0.05, 0.1) is 12.8 Å². The molecule has 0 atom stereocenters. The molecule has 2 rings (SSSR count). The summed E-state index contributed by atoms with van der Waals surface area (Å²) in [7, 11) is 1.30. The molecule has 2 aromatic rings. The fourth-order valence-corrected chi connectivity index (χ4v) is 1.53. The number of ether oxygens (including phenoxy) is 1. The largest absolute Gasteiger partial charge is 0.463 e. The summed E-state index contributed by atoms with van der Waals surface area (Å²) >= 11 is 2.22. The molecule has 0 radical (unpaired) electrons. The van der Waals surface area contributed by atoms with E-state index in [0.29, 0.717) is 0 Å². The van der Waals surface area contributed by atoms with Gasteiger partial charge in [-0.15, -0.1) is 5.10 Å². The van der Waals surface area contributed by atoms with Crippen molar-refractivity contribution in [2.75, 3.05) is 7.11 Å². The summed E-state index contributed by atoms with van der Waals surface area (Å²) in [6.07, 6.45) is 1.48. The number of methoxy groups -OCH3 is 1. The Morgan fingerprint density at radius 3 is 2.69 bits per heavy atom. The van der Waals surface area contributed by atoms with Gasteiger partial charge < -0.3 is 4.74 Å². The number of halogens is 1. The maximum atomic E-state index is 11.2. The van der Waals surface area contributed by atoms with Gasteiger partial charge >= 0.3 is 5.97 Å². The Bertz CT molecular complexity index is 507. The van der Waals surface area contributed by atoms with E-state index in [9.17, 15) is 4.79 Å². The summed E-state index contributed by atoms with van der Waals surface area (Å²) in [6, 6.07) is 7.71. The fraction of sp³-hybridized carbons (Fsp3) is 0.100. The molecule has 0 saturated heterocycles. The molecule has 6 heteroatoms. The van der Waals surface area contributed by atoms with Gasteiger partial charge in [-0.25, -0.2) is 14.5 Å². The summed E-state index contributed by atoms with van der Waals surface area (Å²) in [6.45, 7) is 0. The first-order valence-electron chi connectivity index (χ1n) is 4.46. The van der Waals surface area contributed by atoms with E-state index in [1.165, 1.54) is 18.1 Å².